The number of hydrogen-bond acceptors (Lipinski definition) is 3. The molecule has 0 saturated carbocycles. The van der Waals surface area contributed by atoms with Crippen LogP contribution in [0.15, 0.2) is 11.8 Å². The first-order valence-electron chi connectivity index (χ1n) is 5.56. The van der Waals surface area contributed by atoms with Gasteiger partial charge in [-0.3, -0.25) is 4.90 Å². The maximum Gasteiger partial charge on any atom is 0.116 e. The molecule has 3 nitrogen and oxygen atoms in total. The molecule has 2 aliphatic rings. The summed E-state index contributed by atoms with van der Waals surface area (Å²) in [4.78, 5) is 2.34. The van der Waals surface area contributed by atoms with E-state index in [1.807, 2.05) is 0 Å². The van der Waals surface area contributed by atoms with E-state index in [2.05, 4.69) is 45.7 Å². The van der Waals surface area contributed by atoms with E-state index in [0.717, 1.165) is 12.4 Å². The van der Waals surface area contributed by atoms with Crippen LogP contribution in [0.1, 0.15) is 27.7 Å². The van der Waals surface area contributed by atoms with Crippen LogP contribution >= 0.6 is 0 Å². The van der Waals surface area contributed by atoms with Gasteiger partial charge in [0.25, 0.3) is 0 Å². The summed E-state index contributed by atoms with van der Waals surface area (Å²) in [5.74, 6) is 1.07. The molecule has 0 bridgehead atoms. The smallest absolute Gasteiger partial charge is 0.116 e. The van der Waals surface area contributed by atoms with Crippen molar-refractivity contribution in [2.45, 2.75) is 44.9 Å². The van der Waals surface area contributed by atoms with Gasteiger partial charge in [-0.05, 0) is 40.8 Å². The largest absolute Gasteiger partial charge is 0.493 e. The van der Waals surface area contributed by atoms with Gasteiger partial charge < -0.3 is 9.47 Å². The number of rotatable bonds is 3. The summed E-state index contributed by atoms with van der Waals surface area (Å²) < 4.78 is 11.0. The van der Waals surface area contributed by atoms with Gasteiger partial charge in [-0.2, -0.15) is 0 Å². The molecule has 2 heterocycles. The number of nitrogens with zero attached hydrogens (tertiary/aromatic N) is 1. The van der Waals surface area contributed by atoms with E-state index in [0.29, 0.717) is 12.7 Å². The summed E-state index contributed by atoms with van der Waals surface area (Å²) in [5, 5.41) is 0. The van der Waals surface area contributed by atoms with Crippen LogP contribution in [-0.4, -0.2) is 42.3 Å². The Bertz CT molecular complexity index is 290. The van der Waals surface area contributed by atoms with Gasteiger partial charge in [0.2, 0.25) is 0 Å². The minimum atomic E-state index is -0.0155. The molecule has 3 heteroatoms. The van der Waals surface area contributed by atoms with E-state index in [1.54, 1.807) is 0 Å². The van der Waals surface area contributed by atoms with E-state index in [4.69, 9.17) is 9.47 Å². The summed E-state index contributed by atoms with van der Waals surface area (Å²) in [5.41, 5.74) is 0.0572. The predicted molar refractivity (Wildman–Crippen MR) is 59.7 cm³/mol. The molecule has 86 valence electrons. The molecule has 0 radical (unpaired) electrons. The second-order valence-corrected chi connectivity index (χ2v) is 5.55. The predicted octanol–water partition coefficient (Wildman–Crippen LogP) is 1.79. The molecular formula is C12H21NO2. The molecule has 0 aromatic rings. The SMILES string of the molecule is CN1C(C)(C)C=C(OCC2CO2)C1(C)C. The first-order valence-corrected chi connectivity index (χ1v) is 5.56. The van der Waals surface area contributed by atoms with Gasteiger partial charge in [0.15, 0.2) is 0 Å². The standard InChI is InChI=1S/C12H21NO2/c1-11(2)6-10(12(3,4)13(11)5)15-8-9-7-14-9/h6,9H,7-8H2,1-5H3. The van der Waals surface area contributed by atoms with E-state index in [-0.39, 0.29) is 11.1 Å². The molecule has 0 aromatic heterocycles. The lowest BCUT2D eigenvalue weighted by Crippen LogP contribution is -2.47. The third-order valence-electron chi connectivity index (χ3n) is 3.62. The topological polar surface area (TPSA) is 25.0 Å². The molecule has 15 heavy (non-hydrogen) atoms. The summed E-state index contributed by atoms with van der Waals surface area (Å²) in [6.07, 6.45) is 2.55. The van der Waals surface area contributed by atoms with Crippen molar-refractivity contribution in [3.05, 3.63) is 11.8 Å². The molecule has 0 aliphatic carbocycles. The first kappa shape index (κ1) is 11.0. The van der Waals surface area contributed by atoms with Crippen LogP contribution in [0.2, 0.25) is 0 Å². The van der Waals surface area contributed by atoms with E-state index < -0.39 is 0 Å². The fourth-order valence-corrected chi connectivity index (χ4v) is 2.05. The molecule has 0 aromatic carbocycles. The lowest BCUT2D eigenvalue weighted by molar-refractivity contribution is 0.0738. The van der Waals surface area contributed by atoms with Crippen molar-refractivity contribution in [2.75, 3.05) is 20.3 Å². The van der Waals surface area contributed by atoms with Crippen LogP contribution in [-0.2, 0) is 9.47 Å². The molecule has 0 spiro atoms. The van der Waals surface area contributed by atoms with Crippen LogP contribution < -0.4 is 0 Å². The Morgan fingerprint density at radius 1 is 1.47 bits per heavy atom. The van der Waals surface area contributed by atoms with Crippen LogP contribution in [0.25, 0.3) is 0 Å². The second kappa shape index (κ2) is 3.22. The Balaban J connectivity index is 2.07. The Morgan fingerprint density at radius 2 is 2.07 bits per heavy atom. The van der Waals surface area contributed by atoms with Crippen molar-refractivity contribution < 1.29 is 9.47 Å². The third kappa shape index (κ3) is 1.91. The van der Waals surface area contributed by atoms with Gasteiger partial charge in [-0.15, -0.1) is 0 Å². The Hall–Kier alpha value is -0.540. The van der Waals surface area contributed by atoms with Gasteiger partial charge in [-0.25, -0.2) is 0 Å². The number of hydrogen-bond donors (Lipinski definition) is 0. The van der Waals surface area contributed by atoms with Crippen LogP contribution in [0.3, 0.4) is 0 Å². The number of ether oxygens (including phenoxy) is 2. The molecule has 0 N–H and O–H groups in total. The second-order valence-electron chi connectivity index (χ2n) is 5.55. The maximum absolute atomic E-state index is 5.84. The normalized spacial score (nSPS) is 32.6. The van der Waals surface area contributed by atoms with Crippen LogP contribution in [0.5, 0.6) is 0 Å². The summed E-state index contributed by atoms with van der Waals surface area (Å²) in [6, 6.07) is 0. The zero-order valence-electron chi connectivity index (χ0n) is 10.3. The Morgan fingerprint density at radius 3 is 2.47 bits per heavy atom. The van der Waals surface area contributed by atoms with Gasteiger partial charge in [0, 0.05) is 5.54 Å². The molecule has 1 fully saturated rings. The van der Waals surface area contributed by atoms with Gasteiger partial charge in [0.1, 0.15) is 18.5 Å². The molecule has 0 amide bonds. The number of epoxide rings is 1. The monoisotopic (exact) mass is 211 g/mol. The molecule has 2 aliphatic heterocycles. The maximum atomic E-state index is 5.84. The summed E-state index contributed by atoms with van der Waals surface area (Å²) in [6.45, 7) is 10.4. The molecule has 1 unspecified atom stereocenters. The minimum absolute atomic E-state index is 0.0155. The lowest BCUT2D eigenvalue weighted by Gasteiger charge is -2.37. The van der Waals surface area contributed by atoms with Crippen molar-refractivity contribution in [3.63, 3.8) is 0 Å². The average Bonchev–Trinajstić information content (AvgIpc) is 2.91. The van der Waals surface area contributed by atoms with Crippen LogP contribution in [0.4, 0.5) is 0 Å². The van der Waals surface area contributed by atoms with E-state index in [9.17, 15) is 0 Å². The fraction of sp³-hybridized carbons (Fsp3) is 0.833. The zero-order valence-corrected chi connectivity index (χ0v) is 10.3. The zero-order chi connectivity index (χ0) is 11.3. The molecule has 2 rings (SSSR count). The fourth-order valence-electron chi connectivity index (χ4n) is 2.05. The first-order chi connectivity index (χ1) is 6.84. The summed E-state index contributed by atoms with van der Waals surface area (Å²) in [7, 11) is 2.14. The third-order valence-corrected chi connectivity index (χ3v) is 3.62. The highest BCUT2D eigenvalue weighted by Gasteiger charge is 2.44. The van der Waals surface area contributed by atoms with Crippen molar-refractivity contribution >= 4 is 0 Å². The highest BCUT2D eigenvalue weighted by atomic mass is 16.6. The number of likely N-dealkylation sites (N-methyl/N-ethyl adjacent to an activating group) is 1. The molecular weight excluding hydrogens is 190 g/mol. The highest BCUT2D eigenvalue weighted by molar-refractivity contribution is 5.26. The lowest BCUT2D eigenvalue weighted by atomic mass is 10.0. The van der Waals surface area contributed by atoms with Crippen molar-refractivity contribution in [1.82, 2.24) is 4.90 Å². The average molecular weight is 211 g/mol. The minimum Gasteiger partial charge on any atom is -0.493 e. The van der Waals surface area contributed by atoms with E-state index in [1.165, 1.54) is 0 Å². The van der Waals surface area contributed by atoms with Gasteiger partial charge >= 0.3 is 0 Å². The van der Waals surface area contributed by atoms with E-state index >= 15 is 0 Å². The van der Waals surface area contributed by atoms with Gasteiger partial charge in [0.05, 0.1) is 12.1 Å². The van der Waals surface area contributed by atoms with Gasteiger partial charge in [-0.1, -0.05) is 0 Å². The van der Waals surface area contributed by atoms with Crippen molar-refractivity contribution in [2.24, 2.45) is 0 Å². The quantitative estimate of drug-likeness (QED) is 0.665. The van der Waals surface area contributed by atoms with Crippen molar-refractivity contribution in [1.29, 1.82) is 0 Å². The van der Waals surface area contributed by atoms with Crippen molar-refractivity contribution in [3.8, 4) is 0 Å². The molecule has 1 saturated heterocycles. The highest BCUT2D eigenvalue weighted by Crippen LogP contribution is 2.39. The summed E-state index contributed by atoms with van der Waals surface area (Å²) >= 11 is 0. The Labute approximate surface area is 92.0 Å². The molecule has 1 atom stereocenters. The Kier molecular flexibility index (Phi) is 2.36. The van der Waals surface area contributed by atoms with Crippen LogP contribution in [0, 0.1) is 0 Å².